The minimum absolute atomic E-state index is 0.0105. The molecule has 26 heavy (non-hydrogen) atoms. The first-order valence-corrected chi connectivity index (χ1v) is 10.8. The van der Waals surface area contributed by atoms with E-state index in [1.54, 1.807) is 0 Å². The molecule has 0 aromatic heterocycles. The molecule has 0 amide bonds. The average molecular weight is 364 g/mol. The summed E-state index contributed by atoms with van der Waals surface area (Å²) in [6, 6.07) is 2.44. The Balaban J connectivity index is 1.49. The van der Waals surface area contributed by atoms with Crippen LogP contribution < -0.4 is 0 Å². The lowest BCUT2D eigenvalue weighted by Gasteiger charge is -2.36. The molecule has 0 N–H and O–H groups in total. The van der Waals surface area contributed by atoms with Gasteiger partial charge in [-0.15, -0.1) is 0 Å². The van der Waals surface area contributed by atoms with E-state index >= 15 is 0 Å². The number of hydrogen-bond acceptors (Lipinski definition) is 4. The maximum atomic E-state index is 11.6. The molecule has 2 aliphatic carbocycles. The fourth-order valence-corrected chi connectivity index (χ4v) is 4.38. The van der Waals surface area contributed by atoms with Crippen LogP contribution in [0, 0.1) is 35.0 Å². The molecule has 0 saturated heterocycles. The summed E-state index contributed by atoms with van der Waals surface area (Å²) in [4.78, 5) is 11.6. The number of esters is 1. The second-order valence-electron chi connectivity index (χ2n) is 8.33. The Kier molecular flexibility index (Phi) is 9.46. The summed E-state index contributed by atoms with van der Waals surface area (Å²) in [7, 11) is 0. The van der Waals surface area contributed by atoms with Crippen LogP contribution in [-0.4, -0.2) is 25.3 Å². The monoisotopic (exact) mass is 363 g/mol. The zero-order valence-electron chi connectivity index (χ0n) is 16.8. The fourth-order valence-electron chi connectivity index (χ4n) is 4.38. The molecule has 2 saturated carbocycles. The molecular formula is C22H37NO3. The molecule has 148 valence electrons. The van der Waals surface area contributed by atoms with E-state index in [0.717, 1.165) is 50.5 Å². The molecule has 4 heteroatoms. The van der Waals surface area contributed by atoms with E-state index in [9.17, 15) is 4.79 Å². The van der Waals surface area contributed by atoms with Crippen molar-refractivity contribution in [3.8, 4) is 6.07 Å². The van der Waals surface area contributed by atoms with Crippen molar-refractivity contribution in [1.82, 2.24) is 0 Å². The number of hydrogen-bond donors (Lipinski definition) is 0. The molecule has 0 aromatic carbocycles. The van der Waals surface area contributed by atoms with E-state index in [1.165, 1.54) is 38.5 Å². The van der Waals surface area contributed by atoms with Crippen LogP contribution in [0.3, 0.4) is 0 Å². The number of unbranched alkanes of at least 4 members (excludes halogenated alkanes) is 1. The molecule has 0 radical (unpaired) electrons. The summed E-state index contributed by atoms with van der Waals surface area (Å²) < 4.78 is 11.3. The van der Waals surface area contributed by atoms with Gasteiger partial charge in [0.2, 0.25) is 0 Å². The molecule has 2 aliphatic rings. The first-order chi connectivity index (χ1) is 12.6. The van der Waals surface area contributed by atoms with E-state index in [4.69, 9.17) is 14.7 Å². The van der Waals surface area contributed by atoms with Gasteiger partial charge in [-0.25, -0.2) is 0 Å². The highest BCUT2D eigenvalue weighted by molar-refractivity contribution is 5.71. The zero-order chi connectivity index (χ0) is 18.8. The fraction of sp³-hybridized carbons (Fsp3) is 0.909. The number of nitrogens with zero attached hydrogens (tertiary/aromatic N) is 1. The Hall–Kier alpha value is -1.08. The van der Waals surface area contributed by atoms with Crippen molar-refractivity contribution >= 4 is 5.97 Å². The topological polar surface area (TPSA) is 59.3 Å². The lowest BCUT2D eigenvalue weighted by Crippen LogP contribution is -2.28. The Morgan fingerprint density at radius 3 is 2.15 bits per heavy atom. The molecular weight excluding hydrogens is 326 g/mol. The van der Waals surface area contributed by atoms with Gasteiger partial charge in [0, 0.05) is 12.5 Å². The van der Waals surface area contributed by atoms with Gasteiger partial charge in [-0.3, -0.25) is 4.79 Å². The van der Waals surface area contributed by atoms with Gasteiger partial charge in [-0.1, -0.05) is 13.8 Å². The van der Waals surface area contributed by atoms with Gasteiger partial charge in [-0.2, -0.15) is 5.26 Å². The van der Waals surface area contributed by atoms with E-state index in [2.05, 4.69) is 6.07 Å². The average Bonchev–Trinajstić information content (AvgIpc) is 2.70. The van der Waals surface area contributed by atoms with Crippen LogP contribution >= 0.6 is 0 Å². The van der Waals surface area contributed by atoms with Crippen molar-refractivity contribution in [1.29, 1.82) is 5.26 Å². The number of rotatable bonds is 9. The molecule has 0 aromatic rings. The Morgan fingerprint density at radius 1 is 1.00 bits per heavy atom. The smallest absolute Gasteiger partial charge is 0.308 e. The van der Waals surface area contributed by atoms with Gasteiger partial charge in [0.1, 0.15) is 0 Å². The number of ether oxygens (including phenoxy) is 2. The molecule has 0 aliphatic heterocycles. The highest BCUT2D eigenvalue weighted by atomic mass is 16.5. The maximum absolute atomic E-state index is 11.6. The van der Waals surface area contributed by atoms with Gasteiger partial charge in [0.25, 0.3) is 0 Å². The van der Waals surface area contributed by atoms with Crippen molar-refractivity contribution in [3.63, 3.8) is 0 Å². The predicted molar refractivity (Wildman–Crippen MR) is 102 cm³/mol. The summed E-state index contributed by atoms with van der Waals surface area (Å²) >= 11 is 0. The number of carbonyl (C=O) groups excluding carboxylic acids is 1. The van der Waals surface area contributed by atoms with E-state index < -0.39 is 0 Å². The molecule has 2 fully saturated rings. The van der Waals surface area contributed by atoms with E-state index in [-0.39, 0.29) is 11.9 Å². The van der Waals surface area contributed by atoms with Crippen LogP contribution in [0.1, 0.15) is 84.5 Å². The van der Waals surface area contributed by atoms with Crippen molar-refractivity contribution < 1.29 is 14.3 Å². The maximum Gasteiger partial charge on any atom is 0.308 e. The van der Waals surface area contributed by atoms with Crippen LogP contribution in [-0.2, 0) is 14.3 Å². The molecule has 4 nitrogen and oxygen atoms in total. The third kappa shape index (κ3) is 6.91. The predicted octanol–water partition coefficient (Wildman–Crippen LogP) is 5.26. The minimum Gasteiger partial charge on any atom is -0.465 e. The summed E-state index contributed by atoms with van der Waals surface area (Å²) in [6.45, 7) is 5.22. The van der Waals surface area contributed by atoms with E-state index in [1.807, 2.05) is 13.8 Å². The molecule has 0 bridgehead atoms. The lowest BCUT2D eigenvalue weighted by atomic mass is 9.71. The summed E-state index contributed by atoms with van der Waals surface area (Å²) in [5.41, 5.74) is 0. The van der Waals surface area contributed by atoms with Crippen LogP contribution in [0.2, 0.25) is 0 Å². The van der Waals surface area contributed by atoms with Crippen molar-refractivity contribution in [3.05, 3.63) is 0 Å². The first-order valence-electron chi connectivity index (χ1n) is 10.8. The summed E-state index contributed by atoms with van der Waals surface area (Å²) in [5.74, 6) is 1.96. The third-order valence-corrected chi connectivity index (χ3v) is 6.49. The normalized spacial score (nSPS) is 30.3. The summed E-state index contributed by atoms with van der Waals surface area (Å²) in [6.07, 6.45) is 12.8. The largest absolute Gasteiger partial charge is 0.465 e. The van der Waals surface area contributed by atoms with Crippen molar-refractivity contribution in [2.75, 3.05) is 13.2 Å². The summed E-state index contributed by atoms with van der Waals surface area (Å²) in [5, 5.41) is 9.03. The highest BCUT2D eigenvalue weighted by Crippen LogP contribution is 2.40. The van der Waals surface area contributed by atoms with Gasteiger partial charge >= 0.3 is 5.97 Å². The minimum atomic E-state index is -0.0736. The number of carbonyl (C=O) groups is 1. The van der Waals surface area contributed by atoms with Gasteiger partial charge < -0.3 is 9.47 Å². The first kappa shape index (κ1) is 21.2. The molecule has 0 spiro atoms. The Bertz CT molecular complexity index is 443. The Labute approximate surface area is 159 Å². The molecule has 0 heterocycles. The van der Waals surface area contributed by atoms with Crippen LogP contribution in [0.4, 0.5) is 0 Å². The molecule has 1 unspecified atom stereocenters. The Morgan fingerprint density at radius 2 is 1.58 bits per heavy atom. The highest BCUT2D eigenvalue weighted by Gasteiger charge is 2.31. The quantitative estimate of drug-likeness (QED) is 0.414. The van der Waals surface area contributed by atoms with Crippen LogP contribution in [0.15, 0.2) is 0 Å². The van der Waals surface area contributed by atoms with Gasteiger partial charge in [0.15, 0.2) is 0 Å². The second kappa shape index (κ2) is 11.6. The standard InChI is InChI=1S/C22H37NO3/c1-3-17(2)22(24)26-15-5-4-14-25-21-12-10-20(11-13-21)19-8-6-18(16-23)7-9-19/h17-21H,3-15H2,1-2H3. The van der Waals surface area contributed by atoms with Crippen molar-refractivity contribution in [2.24, 2.45) is 23.7 Å². The van der Waals surface area contributed by atoms with Crippen LogP contribution in [0.25, 0.3) is 0 Å². The van der Waals surface area contributed by atoms with Gasteiger partial charge in [-0.05, 0) is 82.5 Å². The molecule has 1 atom stereocenters. The molecule has 2 rings (SSSR count). The number of nitriles is 1. The lowest BCUT2D eigenvalue weighted by molar-refractivity contribution is -0.148. The SMILES string of the molecule is CCC(C)C(=O)OCCCCOC1CCC(C2CCC(C#N)CC2)CC1. The third-order valence-electron chi connectivity index (χ3n) is 6.49. The zero-order valence-corrected chi connectivity index (χ0v) is 16.8. The van der Waals surface area contributed by atoms with Crippen LogP contribution in [0.5, 0.6) is 0 Å². The van der Waals surface area contributed by atoms with Crippen molar-refractivity contribution in [2.45, 2.75) is 90.6 Å². The van der Waals surface area contributed by atoms with Gasteiger partial charge in [0.05, 0.1) is 24.7 Å². The second-order valence-corrected chi connectivity index (χ2v) is 8.33. The van der Waals surface area contributed by atoms with E-state index in [0.29, 0.717) is 18.6 Å².